The molecular formula is C10H11NO. The Bertz CT molecular complexity index is 277. The first-order chi connectivity index (χ1) is 5.88. The highest BCUT2D eigenvalue weighted by molar-refractivity contribution is 6.05. The molecule has 0 N–H and O–H groups in total. The normalized spacial score (nSPS) is 11.2. The molecule has 0 aromatic carbocycles. The summed E-state index contributed by atoms with van der Waals surface area (Å²) in [5.74, 6) is 0. The first-order valence-corrected chi connectivity index (χ1v) is 3.95. The van der Waals surface area contributed by atoms with E-state index in [0.717, 1.165) is 18.4 Å². The van der Waals surface area contributed by atoms with Gasteiger partial charge in [-0.1, -0.05) is 19.1 Å². The average molecular weight is 161 g/mol. The van der Waals surface area contributed by atoms with Crippen LogP contribution in [0.5, 0.6) is 0 Å². The van der Waals surface area contributed by atoms with E-state index in [-0.39, 0.29) is 0 Å². The fraction of sp³-hybridized carbons (Fsp3) is 0.200. The van der Waals surface area contributed by atoms with Crippen LogP contribution in [0.2, 0.25) is 0 Å². The highest BCUT2D eigenvalue weighted by Crippen LogP contribution is 2.08. The summed E-state index contributed by atoms with van der Waals surface area (Å²) in [6.45, 7) is 1.99. The molecule has 0 spiro atoms. The number of pyridine rings is 1. The van der Waals surface area contributed by atoms with Crippen molar-refractivity contribution in [3.8, 4) is 0 Å². The van der Waals surface area contributed by atoms with Gasteiger partial charge in [0.15, 0.2) is 6.29 Å². The maximum absolute atomic E-state index is 10.6. The lowest BCUT2D eigenvalue weighted by molar-refractivity contribution is -0.103. The van der Waals surface area contributed by atoms with Crippen molar-refractivity contribution in [2.75, 3.05) is 0 Å². The second kappa shape index (κ2) is 4.44. The molecule has 1 aromatic rings. The maximum atomic E-state index is 10.6. The van der Waals surface area contributed by atoms with Crippen molar-refractivity contribution in [1.29, 1.82) is 0 Å². The molecule has 0 atom stereocenters. The van der Waals surface area contributed by atoms with Gasteiger partial charge in [0, 0.05) is 11.8 Å². The van der Waals surface area contributed by atoms with Gasteiger partial charge < -0.3 is 0 Å². The Kier molecular flexibility index (Phi) is 3.20. The Hall–Kier alpha value is -1.44. The van der Waals surface area contributed by atoms with Crippen molar-refractivity contribution in [3.05, 3.63) is 36.2 Å². The number of hydrogen-bond acceptors (Lipinski definition) is 2. The van der Waals surface area contributed by atoms with Crippen LogP contribution in [0, 0.1) is 0 Å². The first-order valence-electron chi connectivity index (χ1n) is 3.95. The Morgan fingerprint density at radius 1 is 1.58 bits per heavy atom. The lowest BCUT2D eigenvalue weighted by atomic mass is 10.1. The van der Waals surface area contributed by atoms with Gasteiger partial charge in [-0.2, -0.15) is 0 Å². The van der Waals surface area contributed by atoms with Gasteiger partial charge in [-0.3, -0.25) is 9.78 Å². The number of nitrogens with zero attached hydrogens (tertiary/aromatic N) is 1. The van der Waals surface area contributed by atoms with Crippen LogP contribution in [0.4, 0.5) is 0 Å². The van der Waals surface area contributed by atoms with E-state index in [2.05, 4.69) is 4.98 Å². The average Bonchev–Trinajstić information content (AvgIpc) is 2.15. The topological polar surface area (TPSA) is 30.0 Å². The van der Waals surface area contributed by atoms with Gasteiger partial charge in [0.2, 0.25) is 0 Å². The molecule has 1 heterocycles. The van der Waals surface area contributed by atoms with Crippen molar-refractivity contribution in [2.45, 2.75) is 13.3 Å². The molecule has 0 amide bonds. The molecule has 12 heavy (non-hydrogen) atoms. The van der Waals surface area contributed by atoms with Crippen LogP contribution >= 0.6 is 0 Å². The minimum atomic E-state index is 0.665. The second-order valence-electron chi connectivity index (χ2n) is 2.40. The minimum absolute atomic E-state index is 0.665. The molecule has 0 aliphatic heterocycles. The van der Waals surface area contributed by atoms with Crippen molar-refractivity contribution >= 4 is 11.9 Å². The number of carbonyl (C=O) groups is 1. The van der Waals surface area contributed by atoms with Crippen molar-refractivity contribution < 1.29 is 4.79 Å². The second-order valence-corrected chi connectivity index (χ2v) is 2.40. The molecule has 0 aliphatic rings. The molecule has 0 saturated carbocycles. The third kappa shape index (κ3) is 2.02. The number of allylic oxidation sites excluding steroid dienone is 2. The summed E-state index contributed by atoms with van der Waals surface area (Å²) in [5.41, 5.74) is 1.41. The van der Waals surface area contributed by atoms with E-state index in [1.54, 1.807) is 6.20 Å². The van der Waals surface area contributed by atoms with Crippen molar-refractivity contribution in [1.82, 2.24) is 4.98 Å². The van der Waals surface area contributed by atoms with Gasteiger partial charge in [-0.15, -0.1) is 0 Å². The van der Waals surface area contributed by atoms with Crippen LogP contribution in [0.25, 0.3) is 5.57 Å². The zero-order chi connectivity index (χ0) is 8.81. The highest BCUT2D eigenvalue weighted by atomic mass is 16.1. The molecule has 2 nitrogen and oxygen atoms in total. The van der Waals surface area contributed by atoms with E-state index < -0.39 is 0 Å². The van der Waals surface area contributed by atoms with E-state index in [9.17, 15) is 4.79 Å². The van der Waals surface area contributed by atoms with Gasteiger partial charge in [0.25, 0.3) is 0 Å². The Morgan fingerprint density at radius 2 is 2.42 bits per heavy atom. The molecule has 62 valence electrons. The minimum Gasteiger partial charge on any atom is -0.298 e. The highest BCUT2D eigenvalue weighted by Gasteiger charge is 1.97. The van der Waals surface area contributed by atoms with E-state index in [0.29, 0.717) is 5.57 Å². The third-order valence-corrected chi connectivity index (χ3v) is 1.51. The summed E-state index contributed by atoms with van der Waals surface area (Å²) in [5, 5.41) is 0. The molecule has 0 radical (unpaired) electrons. The largest absolute Gasteiger partial charge is 0.298 e. The van der Waals surface area contributed by atoms with Crippen LogP contribution < -0.4 is 0 Å². The smallest absolute Gasteiger partial charge is 0.151 e. The summed E-state index contributed by atoms with van der Waals surface area (Å²) in [4.78, 5) is 14.7. The zero-order valence-corrected chi connectivity index (χ0v) is 7.03. The van der Waals surface area contributed by atoms with E-state index in [1.807, 2.05) is 31.2 Å². The lowest BCUT2D eigenvalue weighted by Gasteiger charge is -1.96. The predicted molar refractivity (Wildman–Crippen MR) is 48.6 cm³/mol. The maximum Gasteiger partial charge on any atom is 0.151 e. The van der Waals surface area contributed by atoms with Gasteiger partial charge in [-0.05, 0) is 18.6 Å². The number of rotatable bonds is 3. The first kappa shape index (κ1) is 8.65. The van der Waals surface area contributed by atoms with Crippen LogP contribution in [-0.4, -0.2) is 11.3 Å². The molecule has 0 unspecified atom stereocenters. The summed E-state index contributed by atoms with van der Waals surface area (Å²) in [7, 11) is 0. The molecule has 1 rings (SSSR count). The van der Waals surface area contributed by atoms with Gasteiger partial charge in [0.05, 0.1) is 5.69 Å². The van der Waals surface area contributed by atoms with Gasteiger partial charge in [0.1, 0.15) is 0 Å². The van der Waals surface area contributed by atoms with Crippen LogP contribution in [0.3, 0.4) is 0 Å². The van der Waals surface area contributed by atoms with Crippen LogP contribution in [0.1, 0.15) is 19.0 Å². The molecule has 0 saturated heterocycles. The molecule has 1 aromatic heterocycles. The fourth-order valence-electron chi connectivity index (χ4n) is 0.966. The number of aldehydes is 1. The van der Waals surface area contributed by atoms with Crippen molar-refractivity contribution in [2.24, 2.45) is 0 Å². The van der Waals surface area contributed by atoms with Crippen LogP contribution in [0.15, 0.2) is 30.5 Å². The van der Waals surface area contributed by atoms with Gasteiger partial charge >= 0.3 is 0 Å². The molecule has 0 bridgehead atoms. The zero-order valence-electron chi connectivity index (χ0n) is 7.03. The van der Waals surface area contributed by atoms with E-state index in [1.165, 1.54) is 0 Å². The van der Waals surface area contributed by atoms with E-state index in [4.69, 9.17) is 0 Å². The number of aromatic nitrogens is 1. The summed E-state index contributed by atoms with van der Waals surface area (Å²) in [6, 6.07) is 5.53. The fourth-order valence-corrected chi connectivity index (χ4v) is 0.966. The predicted octanol–water partition coefficient (Wildman–Crippen LogP) is 2.07. The summed E-state index contributed by atoms with van der Waals surface area (Å²) >= 11 is 0. The Morgan fingerprint density at radius 3 is 2.92 bits per heavy atom. The molecule has 2 heteroatoms. The number of hydrogen-bond donors (Lipinski definition) is 0. The quantitative estimate of drug-likeness (QED) is 0.501. The Labute approximate surface area is 71.9 Å². The Balaban J connectivity index is 2.96. The molecule has 0 aliphatic carbocycles. The van der Waals surface area contributed by atoms with E-state index >= 15 is 0 Å². The number of carbonyl (C=O) groups excluding carboxylic acids is 1. The molecular weight excluding hydrogens is 150 g/mol. The standard InChI is InChI=1S/C10H11NO/c1-2-5-9(8-12)10-6-3-4-7-11-10/h3-8H,2H2,1H3. The van der Waals surface area contributed by atoms with Gasteiger partial charge in [-0.25, -0.2) is 0 Å². The monoisotopic (exact) mass is 161 g/mol. The van der Waals surface area contributed by atoms with Crippen molar-refractivity contribution in [3.63, 3.8) is 0 Å². The lowest BCUT2D eigenvalue weighted by Crippen LogP contribution is -1.88. The third-order valence-electron chi connectivity index (χ3n) is 1.51. The summed E-state index contributed by atoms with van der Waals surface area (Å²) < 4.78 is 0. The summed E-state index contributed by atoms with van der Waals surface area (Å²) in [6.07, 6.45) is 5.24. The van der Waals surface area contributed by atoms with Crippen LogP contribution in [-0.2, 0) is 4.79 Å². The SMILES string of the molecule is CCC=C(C=O)c1ccccn1. The molecule has 0 fully saturated rings.